The molecule has 4 aromatic rings. The van der Waals surface area contributed by atoms with Crippen LogP contribution in [0.3, 0.4) is 0 Å². The molecular formula is C29H32N8O3. The maximum Gasteiger partial charge on any atom is 0.334 e. The Morgan fingerprint density at radius 2 is 1.93 bits per heavy atom. The molecule has 0 atom stereocenters. The third-order valence-corrected chi connectivity index (χ3v) is 7.58. The van der Waals surface area contributed by atoms with Gasteiger partial charge in [-0.1, -0.05) is 18.7 Å². The number of carbonyl (C=O) groups is 1. The minimum absolute atomic E-state index is 0.115. The number of nitrogens with one attached hydrogen (secondary N) is 2. The van der Waals surface area contributed by atoms with Gasteiger partial charge in [0.2, 0.25) is 11.9 Å². The Kier molecular flexibility index (Phi) is 6.72. The van der Waals surface area contributed by atoms with Crippen LogP contribution < -0.4 is 26.0 Å². The fraction of sp³-hybridized carbons (Fsp3) is 0.310. The highest BCUT2D eigenvalue weighted by Crippen LogP contribution is 2.38. The molecule has 1 fully saturated rings. The number of rotatable bonds is 7. The number of methoxy groups -OCH3 is 1. The van der Waals surface area contributed by atoms with Crippen LogP contribution in [0.4, 0.5) is 23.0 Å². The number of carbonyl (C=O) groups excluding carboxylic acids is 1. The maximum absolute atomic E-state index is 13.4. The summed E-state index contributed by atoms with van der Waals surface area (Å²) in [6.07, 6.45) is 4.75. The van der Waals surface area contributed by atoms with Crippen molar-refractivity contribution in [1.82, 2.24) is 24.0 Å². The van der Waals surface area contributed by atoms with E-state index in [2.05, 4.69) is 45.1 Å². The molecule has 0 unspecified atom stereocenters. The van der Waals surface area contributed by atoms with E-state index in [1.807, 2.05) is 28.8 Å². The van der Waals surface area contributed by atoms with Crippen LogP contribution in [0.5, 0.6) is 5.75 Å². The Morgan fingerprint density at radius 1 is 1.10 bits per heavy atom. The Hall–Kier alpha value is -4.64. The normalized spacial score (nSPS) is 15.2. The zero-order valence-electron chi connectivity index (χ0n) is 22.7. The summed E-state index contributed by atoms with van der Waals surface area (Å²) < 4.78 is 9.21. The molecule has 2 aromatic carbocycles. The minimum Gasteiger partial charge on any atom is -0.494 e. The lowest BCUT2D eigenvalue weighted by Crippen LogP contribution is -2.44. The quantitative estimate of drug-likeness (QED) is 0.344. The largest absolute Gasteiger partial charge is 0.494 e. The Balaban J connectivity index is 1.38. The minimum atomic E-state index is -0.308. The topological polar surface area (TPSA) is 110 Å². The summed E-state index contributed by atoms with van der Waals surface area (Å²) in [5, 5.41) is 6.18. The molecule has 0 saturated carbocycles. The van der Waals surface area contributed by atoms with Crippen molar-refractivity contribution in [2.45, 2.75) is 19.4 Å². The van der Waals surface area contributed by atoms with E-state index in [0.29, 0.717) is 35.4 Å². The van der Waals surface area contributed by atoms with Crippen LogP contribution in [-0.2, 0) is 17.8 Å². The molecule has 2 aliphatic rings. The monoisotopic (exact) mass is 540 g/mol. The number of aromatic nitrogens is 4. The van der Waals surface area contributed by atoms with E-state index in [-0.39, 0.29) is 11.6 Å². The number of hydrogen-bond acceptors (Lipinski definition) is 8. The number of hydrogen-bond donors (Lipinski definition) is 2. The maximum atomic E-state index is 13.4. The van der Waals surface area contributed by atoms with E-state index in [0.717, 1.165) is 55.7 Å². The van der Waals surface area contributed by atoms with Gasteiger partial charge in [-0.3, -0.25) is 9.36 Å². The molecule has 11 nitrogen and oxygen atoms in total. The smallest absolute Gasteiger partial charge is 0.334 e. The second-order valence-corrected chi connectivity index (χ2v) is 10.1. The first-order valence-corrected chi connectivity index (χ1v) is 13.4. The average Bonchev–Trinajstić information content (AvgIpc) is 3.26. The molecule has 2 N–H and O–H groups in total. The average molecular weight is 541 g/mol. The van der Waals surface area contributed by atoms with Gasteiger partial charge >= 0.3 is 5.69 Å². The molecule has 2 aliphatic heterocycles. The number of aryl methyl sites for hydroxylation is 2. The first-order chi connectivity index (χ1) is 19.5. The van der Waals surface area contributed by atoms with Crippen molar-refractivity contribution in [3.8, 4) is 11.6 Å². The Bertz CT molecular complexity index is 1670. The van der Waals surface area contributed by atoms with E-state index >= 15 is 0 Å². The molecular weight excluding hydrogens is 508 g/mol. The van der Waals surface area contributed by atoms with Crippen LogP contribution in [0, 0.1) is 0 Å². The van der Waals surface area contributed by atoms with E-state index in [1.54, 1.807) is 23.9 Å². The van der Waals surface area contributed by atoms with Crippen molar-refractivity contribution in [3.05, 3.63) is 71.3 Å². The molecule has 0 bridgehead atoms. The van der Waals surface area contributed by atoms with Gasteiger partial charge in [-0.25, -0.2) is 14.3 Å². The summed E-state index contributed by atoms with van der Waals surface area (Å²) in [5.41, 5.74) is 4.92. The molecule has 2 aromatic heterocycles. The van der Waals surface area contributed by atoms with E-state index < -0.39 is 0 Å². The second kappa shape index (κ2) is 10.5. The number of anilines is 4. The fourth-order valence-corrected chi connectivity index (χ4v) is 5.53. The van der Waals surface area contributed by atoms with E-state index in [4.69, 9.17) is 9.72 Å². The van der Waals surface area contributed by atoms with Gasteiger partial charge < -0.3 is 25.2 Å². The summed E-state index contributed by atoms with van der Waals surface area (Å²) in [5.74, 6) is 1.03. The van der Waals surface area contributed by atoms with Crippen molar-refractivity contribution in [2.24, 2.45) is 0 Å². The van der Waals surface area contributed by atoms with Crippen molar-refractivity contribution in [1.29, 1.82) is 0 Å². The molecule has 206 valence electrons. The van der Waals surface area contributed by atoms with E-state index in [1.165, 1.54) is 11.6 Å². The standard InChI is InChI=1S/C29H32N8O3/c1-4-26(38)31-20-17-21(24(40-3)18-23(20)35-15-13-34(2)14-16-35)32-28-30-11-10-25(33-28)37-22-9-5-7-19-8-6-12-36(27(19)22)29(37)39/h4-5,7,9-11,17-18H,1,6,8,12-16H2,2-3H3,(H,31,38)(H,30,32,33). The fourth-order valence-electron chi connectivity index (χ4n) is 5.53. The zero-order chi connectivity index (χ0) is 27.8. The predicted octanol–water partition coefficient (Wildman–Crippen LogP) is 3.16. The number of amides is 1. The predicted molar refractivity (Wildman–Crippen MR) is 156 cm³/mol. The highest BCUT2D eigenvalue weighted by Gasteiger charge is 2.23. The summed E-state index contributed by atoms with van der Waals surface area (Å²) in [7, 11) is 3.69. The van der Waals surface area contributed by atoms with Crippen LogP contribution in [0.1, 0.15) is 12.0 Å². The molecule has 0 aliphatic carbocycles. The number of ether oxygens (including phenoxy) is 1. The second-order valence-electron chi connectivity index (χ2n) is 10.1. The Morgan fingerprint density at radius 3 is 2.70 bits per heavy atom. The number of para-hydroxylation sites is 1. The number of imidazole rings is 1. The molecule has 0 radical (unpaired) electrons. The van der Waals surface area contributed by atoms with Crippen molar-refractivity contribution >= 4 is 40.0 Å². The Labute approximate surface area is 231 Å². The van der Waals surface area contributed by atoms with Crippen LogP contribution in [-0.4, -0.2) is 70.2 Å². The third kappa shape index (κ3) is 4.58. The van der Waals surface area contributed by atoms with Gasteiger partial charge in [-0.15, -0.1) is 0 Å². The van der Waals surface area contributed by atoms with Crippen molar-refractivity contribution in [2.75, 3.05) is 55.9 Å². The highest BCUT2D eigenvalue weighted by molar-refractivity contribution is 6.02. The lowest BCUT2D eigenvalue weighted by molar-refractivity contribution is -0.111. The molecule has 1 amide bonds. The van der Waals surface area contributed by atoms with Gasteiger partial charge in [0.15, 0.2) is 0 Å². The first-order valence-electron chi connectivity index (χ1n) is 13.4. The van der Waals surface area contributed by atoms with Gasteiger partial charge in [0, 0.05) is 51.1 Å². The molecule has 6 rings (SSSR count). The summed E-state index contributed by atoms with van der Waals surface area (Å²) in [6.45, 7) is 7.74. The summed E-state index contributed by atoms with van der Waals surface area (Å²) in [4.78, 5) is 39.4. The number of likely N-dealkylation sites (N-methyl/N-ethyl adjacent to an activating group) is 1. The van der Waals surface area contributed by atoms with Gasteiger partial charge in [0.25, 0.3) is 0 Å². The molecule has 40 heavy (non-hydrogen) atoms. The number of piperazine rings is 1. The van der Waals surface area contributed by atoms with Crippen LogP contribution in [0.2, 0.25) is 0 Å². The molecule has 11 heteroatoms. The van der Waals surface area contributed by atoms with Gasteiger partial charge in [-0.2, -0.15) is 4.98 Å². The zero-order valence-corrected chi connectivity index (χ0v) is 22.7. The van der Waals surface area contributed by atoms with Gasteiger partial charge in [-0.05, 0) is 43.7 Å². The molecule has 0 spiro atoms. The number of nitrogens with zero attached hydrogens (tertiary/aromatic N) is 6. The SMILES string of the molecule is C=CC(=O)Nc1cc(Nc2nccc(-n3c(=O)n4c5c(cccc53)CCC4)n2)c(OC)cc1N1CCN(C)CC1. The van der Waals surface area contributed by atoms with Crippen LogP contribution >= 0.6 is 0 Å². The highest BCUT2D eigenvalue weighted by atomic mass is 16.5. The lowest BCUT2D eigenvalue weighted by atomic mass is 10.0. The summed E-state index contributed by atoms with van der Waals surface area (Å²) >= 11 is 0. The van der Waals surface area contributed by atoms with E-state index in [9.17, 15) is 9.59 Å². The van der Waals surface area contributed by atoms with Gasteiger partial charge in [0.1, 0.15) is 11.6 Å². The van der Waals surface area contributed by atoms with Gasteiger partial charge in [0.05, 0.1) is 35.2 Å². The van der Waals surface area contributed by atoms with Crippen LogP contribution in [0.25, 0.3) is 16.9 Å². The molecule has 1 saturated heterocycles. The number of benzene rings is 2. The molecule has 4 heterocycles. The van der Waals surface area contributed by atoms with Crippen molar-refractivity contribution in [3.63, 3.8) is 0 Å². The lowest BCUT2D eigenvalue weighted by Gasteiger charge is -2.35. The van der Waals surface area contributed by atoms with Crippen LogP contribution in [0.15, 0.2) is 60.0 Å². The third-order valence-electron chi connectivity index (χ3n) is 7.58. The van der Waals surface area contributed by atoms with Crippen molar-refractivity contribution < 1.29 is 9.53 Å². The first kappa shape index (κ1) is 25.6. The summed E-state index contributed by atoms with van der Waals surface area (Å²) in [6, 6.07) is 11.5.